The molecule has 282 valence electrons. The van der Waals surface area contributed by atoms with Gasteiger partial charge in [0.25, 0.3) is 0 Å². The number of benzene rings is 3. The highest BCUT2D eigenvalue weighted by Crippen LogP contribution is 2.46. The summed E-state index contributed by atoms with van der Waals surface area (Å²) in [5.41, 5.74) is 2.19. The van der Waals surface area contributed by atoms with E-state index in [2.05, 4.69) is 79.7 Å². The van der Waals surface area contributed by atoms with Crippen LogP contribution in [-0.2, 0) is 16.4 Å². The third kappa shape index (κ3) is 12.4. The zero-order valence-electron chi connectivity index (χ0n) is 33.5. The Bertz CT molecular complexity index is 1420. The number of ether oxygens (including phenoxy) is 2. The molecule has 0 aliphatic rings. The lowest BCUT2D eigenvalue weighted by Gasteiger charge is -2.37. The molecule has 5 heteroatoms. The molecular formula is C46H69NO4. The monoisotopic (exact) mass is 700 g/mol. The van der Waals surface area contributed by atoms with Crippen LogP contribution in [0.2, 0.25) is 0 Å². The first-order valence-corrected chi connectivity index (χ1v) is 19.8. The van der Waals surface area contributed by atoms with Gasteiger partial charge in [-0.1, -0.05) is 144 Å². The largest absolute Gasteiger partial charge is 0.507 e. The number of rotatable bonds is 21. The molecule has 3 rings (SSSR count). The Morgan fingerprint density at radius 3 is 1.49 bits per heavy atom. The highest BCUT2D eigenvalue weighted by atomic mass is 16.5. The first-order valence-electron chi connectivity index (χ1n) is 19.8. The van der Waals surface area contributed by atoms with Crippen LogP contribution in [0.25, 0.3) is 0 Å². The van der Waals surface area contributed by atoms with Crippen molar-refractivity contribution in [3.05, 3.63) is 88.5 Å². The van der Waals surface area contributed by atoms with Crippen molar-refractivity contribution in [2.45, 2.75) is 162 Å². The van der Waals surface area contributed by atoms with Gasteiger partial charge in [0.2, 0.25) is 0 Å². The van der Waals surface area contributed by atoms with Gasteiger partial charge in [-0.05, 0) is 78.1 Å². The average molecular weight is 700 g/mol. The summed E-state index contributed by atoms with van der Waals surface area (Å²) in [6, 6.07) is 19.0. The molecule has 0 aliphatic heterocycles. The molecule has 0 aromatic heterocycles. The molecular weight excluding hydrogens is 631 g/mol. The van der Waals surface area contributed by atoms with Gasteiger partial charge in [0.1, 0.15) is 22.8 Å². The molecule has 0 fully saturated rings. The predicted molar refractivity (Wildman–Crippen MR) is 216 cm³/mol. The fraction of sp³-hybridized carbons (Fsp3) is 0.587. The van der Waals surface area contributed by atoms with E-state index in [1.165, 1.54) is 51.4 Å². The lowest BCUT2D eigenvalue weighted by Crippen LogP contribution is -2.39. The Kier molecular flexibility index (Phi) is 16.6. The zero-order chi connectivity index (χ0) is 37.5. The third-order valence-electron chi connectivity index (χ3n) is 10.0. The van der Waals surface area contributed by atoms with Crippen molar-refractivity contribution in [2.75, 3.05) is 13.2 Å². The molecule has 0 amide bonds. The number of hydrogen-bond donors (Lipinski definition) is 2. The normalized spacial score (nSPS) is 13.1. The number of aliphatic imine (C=N–C) groups is 1. The molecule has 0 saturated carbocycles. The summed E-state index contributed by atoms with van der Waals surface area (Å²) in [4.78, 5) is 4.98. The van der Waals surface area contributed by atoms with Crippen molar-refractivity contribution < 1.29 is 19.7 Å². The number of hydrogen-bond acceptors (Lipinski definition) is 5. The van der Waals surface area contributed by atoms with E-state index in [9.17, 15) is 10.2 Å². The number of aliphatic hydroxyl groups is 1. The van der Waals surface area contributed by atoms with Crippen LogP contribution in [-0.4, -0.2) is 35.7 Å². The van der Waals surface area contributed by atoms with Gasteiger partial charge in [0, 0.05) is 22.9 Å². The molecule has 1 atom stereocenters. The number of nitrogens with zero attached hydrogens (tertiary/aromatic N) is 1. The molecule has 0 aliphatic carbocycles. The van der Waals surface area contributed by atoms with Crippen LogP contribution in [0.3, 0.4) is 0 Å². The minimum atomic E-state index is -1.63. The molecule has 2 N–H and O–H groups in total. The van der Waals surface area contributed by atoms with E-state index >= 15 is 0 Å². The van der Waals surface area contributed by atoms with Gasteiger partial charge < -0.3 is 19.7 Å². The van der Waals surface area contributed by atoms with Crippen LogP contribution in [0.4, 0.5) is 0 Å². The number of unbranched alkanes of at least 4 members (excludes halogenated alkanes) is 10. The van der Waals surface area contributed by atoms with E-state index < -0.39 is 11.6 Å². The Morgan fingerprint density at radius 2 is 1.06 bits per heavy atom. The van der Waals surface area contributed by atoms with Crippen LogP contribution in [0, 0.1) is 0 Å². The van der Waals surface area contributed by atoms with Gasteiger partial charge in [-0.25, -0.2) is 0 Å². The number of phenols is 1. The number of phenolic OH excluding ortho intramolecular Hbond substituents is 1. The second-order valence-corrected chi connectivity index (χ2v) is 16.4. The van der Waals surface area contributed by atoms with Crippen molar-refractivity contribution in [2.24, 2.45) is 4.99 Å². The lowest BCUT2D eigenvalue weighted by atomic mass is 9.75. The summed E-state index contributed by atoms with van der Waals surface area (Å²) in [7, 11) is 0. The standard InChI is InChI=1S/C46H69NO4/c1-10-12-14-16-18-22-30-50-42-28-26-37(44(4,5)6)32-39(42)46(49,35(3)47-34-36-24-20-21-25-41(36)48)40-33-38(45(7,8)9)27-29-43(40)51-31-23-19-17-15-13-11-2/h20-21,24-29,32-35,48-49H,10-19,22-23,30-31H2,1-9H3/t35-/m0/s1. The van der Waals surface area contributed by atoms with Gasteiger partial charge in [-0.2, -0.15) is 0 Å². The van der Waals surface area contributed by atoms with E-state index in [4.69, 9.17) is 14.5 Å². The maximum atomic E-state index is 13.6. The quantitative estimate of drug-likeness (QED) is 0.0857. The molecule has 3 aromatic carbocycles. The molecule has 0 heterocycles. The smallest absolute Gasteiger partial charge is 0.144 e. The molecule has 0 saturated heterocycles. The van der Waals surface area contributed by atoms with E-state index in [0.717, 1.165) is 36.8 Å². The molecule has 5 nitrogen and oxygen atoms in total. The van der Waals surface area contributed by atoms with Crippen LogP contribution in [0.15, 0.2) is 65.7 Å². The summed E-state index contributed by atoms with van der Waals surface area (Å²) in [5.74, 6) is 1.46. The van der Waals surface area contributed by atoms with Gasteiger partial charge >= 0.3 is 0 Å². The van der Waals surface area contributed by atoms with Crippen LogP contribution in [0.5, 0.6) is 17.2 Å². The molecule has 0 unspecified atom stereocenters. The van der Waals surface area contributed by atoms with Crippen molar-refractivity contribution in [3.63, 3.8) is 0 Å². The van der Waals surface area contributed by atoms with Crippen molar-refractivity contribution >= 4 is 6.21 Å². The van der Waals surface area contributed by atoms with E-state index in [-0.39, 0.29) is 16.6 Å². The molecule has 0 bridgehead atoms. The van der Waals surface area contributed by atoms with Crippen LogP contribution < -0.4 is 9.47 Å². The van der Waals surface area contributed by atoms with Gasteiger partial charge in [0.15, 0.2) is 0 Å². The fourth-order valence-electron chi connectivity index (χ4n) is 6.46. The van der Waals surface area contributed by atoms with Crippen molar-refractivity contribution in [3.8, 4) is 17.2 Å². The molecule has 0 spiro atoms. The predicted octanol–water partition coefficient (Wildman–Crippen LogP) is 12.2. The number of para-hydroxylation sites is 1. The second-order valence-electron chi connectivity index (χ2n) is 16.4. The molecule has 0 radical (unpaired) electrons. The van der Waals surface area contributed by atoms with E-state index in [0.29, 0.717) is 41.4 Å². The Morgan fingerprint density at radius 1 is 0.627 bits per heavy atom. The zero-order valence-corrected chi connectivity index (χ0v) is 33.5. The average Bonchev–Trinajstić information content (AvgIpc) is 3.09. The van der Waals surface area contributed by atoms with Gasteiger partial charge in [-0.3, -0.25) is 4.99 Å². The summed E-state index contributed by atoms with van der Waals surface area (Å²) >= 11 is 0. The minimum absolute atomic E-state index is 0.146. The summed E-state index contributed by atoms with van der Waals surface area (Å²) in [6.45, 7) is 20.7. The van der Waals surface area contributed by atoms with E-state index in [1.807, 2.05) is 31.2 Å². The van der Waals surface area contributed by atoms with Gasteiger partial charge in [0.05, 0.1) is 19.3 Å². The minimum Gasteiger partial charge on any atom is -0.507 e. The highest BCUT2D eigenvalue weighted by Gasteiger charge is 2.43. The molecule has 3 aromatic rings. The highest BCUT2D eigenvalue weighted by molar-refractivity contribution is 5.83. The third-order valence-corrected chi connectivity index (χ3v) is 10.0. The maximum absolute atomic E-state index is 13.6. The second kappa shape index (κ2) is 20.1. The molecule has 51 heavy (non-hydrogen) atoms. The first kappa shape index (κ1) is 42.1. The van der Waals surface area contributed by atoms with Crippen molar-refractivity contribution in [1.29, 1.82) is 0 Å². The Labute approximate surface area is 310 Å². The summed E-state index contributed by atoms with van der Waals surface area (Å²) in [5, 5.41) is 24.2. The first-order chi connectivity index (χ1) is 24.2. The number of aromatic hydroxyl groups is 1. The summed E-state index contributed by atoms with van der Waals surface area (Å²) in [6.07, 6.45) is 15.7. The fourth-order valence-corrected chi connectivity index (χ4v) is 6.46. The maximum Gasteiger partial charge on any atom is 0.144 e. The Balaban J connectivity index is 2.20. The van der Waals surface area contributed by atoms with Crippen LogP contribution >= 0.6 is 0 Å². The Hall–Kier alpha value is -3.31. The van der Waals surface area contributed by atoms with Crippen molar-refractivity contribution in [1.82, 2.24) is 0 Å². The SMILES string of the molecule is CCCCCCCCOc1ccc(C(C)(C)C)cc1C(O)(c1cc(C(C)(C)C)ccc1OCCCCCCCC)[C@H](C)N=Cc1ccccc1O. The van der Waals surface area contributed by atoms with E-state index in [1.54, 1.807) is 18.3 Å². The summed E-state index contributed by atoms with van der Waals surface area (Å²) < 4.78 is 13.2. The van der Waals surface area contributed by atoms with Gasteiger partial charge in [-0.15, -0.1) is 0 Å². The lowest BCUT2D eigenvalue weighted by molar-refractivity contribution is 0.0519. The van der Waals surface area contributed by atoms with Crippen LogP contribution in [0.1, 0.15) is 167 Å². The topological polar surface area (TPSA) is 71.3 Å².